The third-order valence-electron chi connectivity index (χ3n) is 1.58. The number of aromatic amines is 1. The molecule has 0 saturated heterocycles. The van der Waals surface area contributed by atoms with Gasteiger partial charge in [-0.1, -0.05) is 19.9 Å². The number of hydrogen-bond acceptors (Lipinski definition) is 2. The van der Waals surface area contributed by atoms with Gasteiger partial charge in [-0.05, 0) is 18.2 Å². The van der Waals surface area contributed by atoms with Gasteiger partial charge in [-0.25, -0.2) is 4.98 Å². The molecular formula is C10H16N2S. The molecule has 1 N–H and O–H groups in total. The predicted molar refractivity (Wildman–Crippen MR) is 58.8 cm³/mol. The summed E-state index contributed by atoms with van der Waals surface area (Å²) >= 11 is 1.86. The van der Waals surface area contributed by atoms with E-state index < -0.39 is 0 Å². The second-order valence-electron chi connectivity index (χ2n) is 3.17. The minimum absolute atomic E-state index is 0.684. The highest BCUT2D eigenvalue weighted by Crippen LogP contribution is 2.11. The quantitative estimate of drug-likeness (QED) is 0.784. The number of rotatable bonds is 5. The second-order valence-corrected chi connectivity index (χ2v) is 4.66. The van der Waals surface area contributed by atoms with Gasteiger partial charge in [0.25, 0.3) is 0 Å². The van der Waals surface area contributed by atoms with Crippen LogP contribution < -0.4 is 0 Å². The van der Waals surface area contributed by atoms with E-state index in [2.05, 4.69) is 35.3 Å². The Labute approximate surface area is 83.8 Å². The summed E-state index contributed by atoms with van der Waals surface area (Å²) in [6.45, 7) is 4.40. The van der Waals surface area contributed by atoms with Crippen LogP contribution in [0.15, 0.2) is 24.0 Å². The lowest BCUT2D eigenvalue weighted by Crippen LogP contribution is -1.83. The highest BCUT2D eigenvalue weighted by molar-refractivity contribution is 8.02. The molecule has 0 radical (unpaired) electrons. The Hall–Kier alpha value is -0.700. The first kappa shape index (κ1) is 10.4. The fourth-order valence-electron chi connectivity index (χ4n) is 0.941. The van der Waals surface area contributed by atoms with Gasteiger partial charge in [-0.15, -0.1) is 11.8 Å². The molecule has 0 fully saturated rings. The van der Waals surface area contributed by atoms with Gasteiger partial charge in [0.2, 0.25) is 0 Å². The van der Waals surface area contributed by atoms with Gasteiger partial charge in [0.15, 0.2) is 0 Å². The van der Waals surface area contributed by atoms with Crippen LogP contribution in [-0.4, -0.2) is 15.2 Å². The number of imidazole rings is 1. The number of allylic oxidation sites excluding steroid dienone is 1. The van der Waals surface area contributed by atoms with Crippen molar-refractivity contribution >= 4 is 11.8 Å². The molecule has 0 atom stereocenters. The van der Waals surface area contributed by atoms with E-state index in [9.17, 15) is 0 Å². The van der Waals surface area contributed by atoms with Crippen molar-refractivity contribution in [3.8, 4) is 0 Å². The largest absolute Gasteiger partial charge is 0.348 e. The van der Waals surface area contributed by atoms with Crippen LogP contribution >= 0.6 is 11.8 Å². The number of hydrogen-bond donors (Lipinski definition) is 1. The highest BCUT2D eigenvalue weighted by atomic mass is 32.2. The Balaban J connectivity index is 2.11. The van der Waals surface area contributed by atoms with Gasteiger partial charge in [0.05, 0.1) is 6.33 Å². The number of thioether (sulfide) groups is 1. The van der Waals surface area contributed by atoms with Gasteiger partial charge in [0, 0.05) is 17.1 Å². The lowest BCUT2D eigenvalue weighted by atomic mass is 10.2. The second kappa shape index (κ2) is 5.86. The zero-order valence-corrected chi connectivity index (χ0v) is 8.97. The third-order valence-corrected chi connectivity index (χ3v) is 2.48. The van der Waals surface area contributed by atoms with Crippen LogP contribution in [0.3, 0.4) is 0 Å². The minimum Gasteiger partial charge on any atom is -0.348 e. The van der Waals surface area contributed by atoms with Crippen LogP contribution in [0.25, 0.3) is 0 Å². The smallest absolute Gasteiger partial charge is 0.0921 e. The van der Waals surface area contributed by atoms with Crippen LogP contribution in [0.5, 0.6) is 0 Å². The first-order valence-electron chi connectivity index (χ1n) is 4.56. The summed E-state index contributed by atoms with van der Waals surface area (Å²) in [5.41, 5.74) is 1.21. The van der Waals surface area contributed by atoms with Crippen molar-refractivity contribution in [3.05, 3.63) is 29.7 Å². The SMILES string of the molecule is CC(C)S/C=C\CCc1cnc[nH]1. The molecule has 0 amide bonds. The van der Waals surface area contributed by atoms with E-state index in [4.69, 9.17) is 0 Å². The van der Waals surface area contributed by atoms with E-state index >= 15 is 0 Å². The molecule has 0 aliphatic heterocycles. The first-order valence-corrected chi connectivity index (χ1v) is 5.51. The van der Waals surface area contributed by atoms with E-state index in [1.54, 1.807) is 6.33 Å². The van der Waals surface area contributed by atoms with Crippen molar-refractivity contribution in [1.82, 2.24) is 9.97 Å². The Morgan fingerprint density at radius 2 is 2.46 bits per heavy atom. The molecule has 3 heteroatoms. The molecule has 0 aromatic carbocycles. The molecule has 0 aliphatic carbocycles. The summed E-state index contributed by atoms with van der Waals surface area (Å²) < 4.78 is 0. The summed E-state index contributed by atoms with van der Waals surface area (Å²) in [7, 11) is 0. The van der Waals surface area contributed by atoms with E-state index in [0.29, 0.717) is 5.25 Å². The van der Waals surface area contributed by atoms with E-state index in [-0.39, 0.29) is 0 Å². The molecule has 0 spiro atoms. The van der Waals surface area contributed by atoms with Crippen LogP contribution in [-0.2, 0) is 6.42 Å². The Morgan fingerprint density at radius 1 is 1.62 bits per heavy atom. The lowest BCUT2D eigenvalue weighted by Gasteiger charge is -1.96. The fourth-order valence-corrected chi connectivity index (χ4v) is 1.50. The molecule has 2 nitrogen and oxygen atoms in total. The van der Waals surface area contributed by atoms with E-state index in [1.807, 2.05) is 18.0 Å². The summed E-state index contributed by atoms with van der Waals surface area (Å²) in [6, 6.07) is 0. The number of aromatic nitrogens is 2. The average Bonchev–Trinajstić information content (AvgIpc) is 2.55. The molecule has 72 valence electrons. The fraction of sp³-hybridized carbons (Fsp3) is 0.500. The van der Waals surface area contributed by atoms with Crippen molar-refractivity contribution in [3.63, 3.8) is 0 Å². The van der Waals surface area contributed by atoms with Crippen molar-refractivity contribution in [1.29, 1.82) is 0 Å². The minimum atomic E-state index is 0.684. The predicted octanol–water partition coefficient (Wildman–Crippen LogP) is 3.00. The highest BCUT2D eigenvalue weighted by Gasteiger charge is 1.91. The number of aryl methyl sites for hydroxylation is 1. The van der Waals surface area contributed by atoms with Gasteiger partial charge in [0.1, 0.15) is 0 Å². The maximum atomic E-state index is 3.96. The molecular weight excluding hydrogens is 180 g/mol. The van der Waals surface area contributed by atoms with Crippen LogP contribution in [0, 0.1) is 0 Å². The number of nitrogens with zero attached hydrogens (tertiary/aromatic N) is 1. The standard InChI is InChI=1S/C10H16N2S/c1-9(2)13-6-4-3-5-10-7-11-8-12-10/h4,6-9H,3,5H2,1-2H3,(H,11,12)/b6-4-. The molecule has 13 heavy (non-hydrogen) atoms. The monoisotopic (exact) mass is 196 g/mol. The van der Waals surface area contributed by atoms with Gasteiger partial charge in [-0.2, -0.15) is 0 Å². The third kappa shape index (κ3) is 4.78. The Kier molecular flexibility index (Phi) is 4.68. The van der Waals surface area contributed by atoms with Crippen molar-refractivity contribution in [2.75, 3.05) is 0 Å². The lowest BCUT2D eigenvalue weighted by molar-refractivity contribution is 0.960. The first-order chi connectivity index (χ1) is 6.29. The zero-order chi connectivity index (χ0) is 9.52. The van der Waals surface area contributed by atoms with Gasteiger partial charge in [-0.3, -0.25) is 0 Å². The van der Waals surface area contributed by atoms with Crippen molar-refractivity contribution < 1.29 is 0 Å². The Bertz CT molecular complexity index is 239. The van der Waals surface area contributed by atoms with Crippen molar-refractivity contribution in [2.24, 2.45) is 0 Å². The molecule has 1 rings (SSSR count). The molecule has 0 unspecified atom stereocenters. The van der Waals surface area contributed by atoms with E-state index in [1.165, 1.54) is 5.69 Å². The molecule has 0 saturated carbocycles. The summed E-state index contributed by atoms with van der Waals surface area (Å²) in [5, 5.41) is 2.87. The van der Waals surface area contributed by atoms with Crippen molar-refractivity contribution in [2.45, 2.75) is 31.9 Å². The zero-order valence-electron chi connectivity index (χ0n) is 8.16. The molecule has 1 aromatic heterocycles. The molecule has 0 aliphatic rings. The molecule has 1 heterocycles. The number of H-pyrrole nitrogens is 1. The maximum absolute atomic E-state index is 3.96. The summed E-state index contributed by atoms with van der Waals surface area (Å²) in [4.78, 5) is 7.05. The van der Waals surface area contributed by atoms with Crippen LogP contribution in [0.2, 0.25) is 0 Å². The topological polar surface area (TPSA) is 28.7 Å². The van der Waals surface area contributed by atoms with Crippen LogP contribution in [0.4, 0.5) is 0 Å². The van der Waals surface area contributed by atoms with Gasteiger partial charge < -0.3 is 4.98 Å². The summed E-state index contributed by atoms with van der Waals surface area (Å²) in [6.07, 6.45) is 7.95. The summed E-state index contributed by atoms with van der Waals surface area (Å²) in [5.74, 6) is 0. The average molecular weight is 196 g/mol. The van der Waals surface area contributed by atoms with Gasteiger partial charge >= 0.3 is 0 Å². The maximum Gasteiger partial charge on any atom is 0.0921 e. The molecule has 1 aromatic rings. The Morgan fingerprint density at radius 3 is 3.08 bits per heavy atom. The van der Waals surface area contributed by atoms with E-state index in [0.717, 1.165) is 12.8 Å². The van der Waals surface area contributed by atoms with Crippen LogP contribution in [0.1, 0.15) is 26.0 Å². The molecule has 0 bridgehead atoms. The normalized spacial score (nSPS) is 11.6. The number of nitrogens with one attached hydrogen (secondary N) is 1.